The zero-order chi connectivity index (χ0) is 17.4. The molecule has 1 aromatic rings. The Morgan fingerprint density at radius 3 is 2.67 bits per heavy atom. The van der Waals surface area contributed by atoms with Gasteiger partial charge in [-0.15, -0.1) is 0 Å². The molecule has 2 rings (SSSR count). The van der Waals surface area contributed by atoms with E-state index in [0.717, 1.165) is 31.9 Å². The maximum absolute atomic E-state index is 5.47. The number of hydrogen-bond donors (Lipinski definition) is 1. The van der Waals surface area contributed by atoms with Crippen LogP contribution in [0.5, 0.6) is 5.75 Å². The summed E-state index contributed by atoms with van der Waals surface area (Å²) in [6.45, 7) is 13.6. The van der Waals surface area contributed by atoms with Crippen molar-refractivity contribution < 1.29 is 4.74 Å². The normalized spacial score (nSPS) is 20.3. The van der Waals surface area contributed by atoms with E-state index in [2.05, 4.69) is 54.1 Å². The number of nitrogens with one attached hydrogen (secondary N) is 1. The highest BCUT2D eigenvalue weighted by molar-refractivity contribution is 5.31. The van der Waals surface area contributed by atoms with Crippen LogP contribution in [-0.2, 0) is 0 Å². The molecule has 1 aromatic carbocycles. The summed E-state index contributed by atoms with van der Waals surface area (Å²) in [6.07, 6.45) is 2.42. The maximum Gasteiger partial charge on any atom is 0.119 e. The largest absolute Gasteiger partial charge is 0.497 e. The molecule has 1 N–H and O–H groups in total. The molecule has 0 radical (unpaired) electrons. The Hall–Kier alpha value is -1.10. The Labute approximate surface area is 148 Å². The highest BCUT2D eigenvalue weighted by atomic mass is 16.5. The summed E-state index contributed by atoms with van der Waals surface area (Å²) in [7, 11) is 1.75. The van der Waals surface area contributed by atoms with Crippen LogP contribution < -0.4 is 10.1 Å². The molecule has 136 valence electrons. The molecule has 4 nitrogen and oxygen atoms in total. The van der Waals surface area contributed by atoms with Crippen molar-refractivity contribution in [3.8, 4) is 5.75 Å². The minimum atomic E-state index is 0.426. The van der Waals surface area contributed by atoms with Gasteiger partial charge in [-0.3, -0.25) is 4.90 Å². The molecule has 0 amide bonds. The van der Waals surface area contributed by atoms with Crippen LogP contribution in [0.2, 0.25) is 0 Å². The van der Waals surface area contributed by atoms with Gasteiger partial charge in [-0.1, -0.05) is 26.0 Å². The van der Waals surface area contributed by atoms with Crippen molar-refractivity contribution in [2.45, 2.75) is 45.7 Å². The summed E-state index contributed by atoms with van der Waals surface area (Å²) in [5.41, 5.74) is 1.38. The third kappa shape index (κ3) is 5.20. The summed E-state index contributed by atoms with van der Waals surface area (Å²) in [6, 6.07) is 9.62. The van der Waals surface area contributed by atoms with E-state index in [1.807, 2.05) is 6.07 Å². The molecule has 1 heterocycles. The van der Waals surface area contributed by atoms with Crippen molar-refractivity contribution in [1.82, 2.24) is 15.1 Å². The lowest BCUT2D eigenvalue weighted by Crippen LogP contribution is -2.53. The third-order valence-electron chi connectivity index (χ3n) is 4.94. The Bertz CT molecular complexity index is 474. The highest BCUT2D eigenvalue weighted by Crippen LogP contribution is 2.28. The molecular formula is C20H35N3O. The van der Waals surface area contributed by atoms with E-state index < -0.39 is 0 Å². The molecule has 1 aliphatic rings. The number of hydrogen-bond acceptors (Lipinski definition) is 4. The van der Waals surface area contributed by atoms with E-state index >= 15 is 0 Å². The van der Waals surface area contributed by atoms with Gasteiger partial charge in [-0.2, -0.15) is 0 Å². The van der Waals surface area contributed by atoms with Crippen molar-refractivity contribution in [3.05, 3.63) is 29.8 Å². The predicted octanol–water partition coefficient (Wildman–Crippen LogP) is 3.15. The second-order valence-electron chi connectivity index (χ2n) is 6.88. The smallest absolute Gasteiger partial charge is 0.119 e. The lowest BCUT2D eigenvalue weighted by molar-refractivity contribution is 0.0839. The van der Waals surface area contributed by atoms with Gasteiger partial charge in [-0.05, 0) is 50.6 Å². The number of methoxy groups -OCH3 is 1. The lowest BCUT2D eigenvalue weighted by Gasteiger charge is -2.42. The molecule has 0 aliphatic carbocycles. The fraction of sp³-hybridized carbons (Fsp3) is 0.700. The van der Waals surface area contributed by atoms with Gasteiger partial charge in [0.25, 0.3) is 0 Å². The monoisotopic (exact) mass is 333 g/mol. The van der Waals surface area contributed by atoms with Gasteiger partial charge in [0.1, 0.15) is 5.75 Å². The molecule has 24 heavy (non-hydrogen) atoms. The van der Waals surface area contributed by atoms with Crippen molar-refractivity contribution in [1.29, 1.82) is 0 Å². The number of rotatable bonds is 9. The lowest BCUT2D eigenvalue weighted by atomic mass is 10.0. The summed E-state index contributed by atoms with van der Waals surface area (Å²) in [4.78, 5) is 5.29. The fourth-order valence-electron chi connectivity index (χ4n) is 3.74. The number of benzene rings is 1. The standard InChI is InChI=1S/C20H35N3O/c1-5-11-22(12-6-2)16-20(23-13-10-21-15-17(23)3)18-8-7-9-19(14-18)24-4/h7-9,14,17,20-21H,5-6,10-13,15-16H2,1-4H3. The van der Waals surface area contributed by atoms with Gasteiger partial charge in [0.05, 0.1) is 7.11 Å². The molecule has 4 heteroatoms. The summed E-state index contributed by atoms with van der Waals surface area (Å²) in [5, 5.41) is 3.52. The third-order valence-corrected chi connectivity index (χ3v) is 4.94. The minimum absolute atomic E-state index is 0.426. The second kappa shape index (κ2) is 10.0. The Balaban J connectivity index is 2.25. The van der Waals surface area contributed by atoms with Crippen LogP contribution in [0.4, 0.5) is 0 Å². The van der Waals surface area contributed by atoms with Gasteiger partial charge in [-0.25, -0.2) is 0 Å². The maximum atomic E-state index is 5.47. The molecule has 0 saturated carbocycles. The van der Waals surface area contributed by atoms with Crippen LogP contribution in [0.15, 0.2) is 24.3 Å². The van der Waals surface area contributed by atoms with E-state index in [1.165, 1.54) is 31.5 Å². The van der Waals surface area contributed by atoms with Crippen molar-refractivity contribution in [3.63, 3.8) is 0 Å². The zero-order valence-electron chi connectivity index (χ0n) is 15.9. The Morgan fingerprint density at radius 1 is 1.29 bits per heavy atom. The van der Waals surface area contributed by atoms with Crippen LogP contribution in [0, 0.1) is 0 Å². The Morgan fingerprint density at radius 2 is 2.04 bits per heavy atom. The quantitative estimate of drug-likeness (QED) is 0.751. The van der Waals surface area contributed by atoms with Crippen molar-refractivity contribution in [2.24, 2.45) is 0 Å². The first-order chi connectivity index (χ1) is 11.7. The van der Waals surface area contributed by atoms with E-state index in [4.69, 9.17) is 4.74 Å². The number of nitrogens with zero attached hydrogens (tertiary/aromatic N) is 2. The van der Waals surface area contributed by atoms with Crippen LogP contribution in [0.1, 0.15) is 45.2 Å². The molecule has 1 saturated heterocycles. The second-order valence-corrected chi connectivity index (χ2v) is 6.88. The SMILES string of the molecule is CCCN(CCC)CC(c1cccc(OC)c1)N1CCNCC1C. The number of piperazine rings is 1. The van der Waals surface area contributed by atoms with Gasteiger partial charge in [0, 0.05) is 38.3 Å². The summed E-state index contributed by atoms with van der Waals surface area (Å²) < 4.78 is 5.47. The molecule has 2 unspecified atom stereocenters. The first-order valence-corrected chi connectivity index (χ1v) is 9.52. The van der Waals surface area contributed by atoms with Crippen molar-refractivity contribution >= 4 is 0 Å². The van der Waals surface area contributed by atoms with E-state index in [9.17, 15) is 0 Å². The molecular weight excluding hydrogens is 298 g/mol. The molecule has 0 bridgehead atoms. The molecule has 0 aromatic heterocycles. The zero-order valence-corrected chi connectivity index (χ0v) is 15.9. The Kier molecular flexibility index (Phi) is 8.03. The van der Waals surface area contributed by atoms with E-state index in [-0.39, 0.29) is 0 Å². The highest BCUT2D eigenvalue weighted by Gasteiger charge is 2.28. The minimum Gasteiger partial charge on any atom is -0.497 e. The van der Waals surface area contributed by atoms with Crippen LogP contribution in [-0.4, -0.2) is 62.2 Å². The summed E-state index contributed by atoms with van der Waals surface area (Å²) in [5.74, 6) is 0.956. The van der Waals surface area contributed by atoms with Gasteiger partial charge >= 0.3 is 0 Å². The average molecular weight is 334 g/mol. The molecule has 2 atom stereocenters. The first-order valence-electron chi connectivity index (χ1n) is 9.52. The first kappa shape index (κ1) is 19.2. The predicted molar refractivity (Wildman–Crippen MR) is 102 cm³/mol. The van der Waals surface area contributed by atoms with Crippen LogP contribution in [0.3, 0.4) is 0 Å². The summed E-state index contributed by atoms with van der Waals surface area (Å²) >= 11 is 0. The molecule has 1 fully saturated rings. The number of ether oxygens (including phenoxy) is 1. The molecule has 1 aliphatic heterocycles. The van der Waals surface area contributed by atoms with Crippen LogP contribution in [0.25, 0.3) is 0 Å². The average Bonchev–Trinajstić information content (AvgIpc) is 2.61. The topological polar surface area (TPSA) is 27.7 Å². The molecule has 0 spiro atoms. The van der Waals surface area contributed by atoms with Crippen molar-refractivity contribution in [2.75, 3.05) is 46.4 Å². The van der Waals surface area contributed by atoms with E-state index in [1.54, 1.807) is 7.11 Å². The van der Waals surface area contributed by atoms with Gasteiger partial charge < -0.3 is 15.0 Å². The van der Waals surface area contributed by atoms with E-state index in [0.29, 0.717) is 12.1 Å². The van der Waals surface area contributed by atoms with Gasteiger partial charge in [0.15, 0.2) is 0 Å². The fourth-order valence-corrected chi connectivity index (χ4v) is 3.74. The van der Waals surface area contributed by atoms with Gasteiger partial charge in [0.2, 0.25) is 0 Å². The van der Waals surface area contributed by atoms with Crippen LogP contribution >= 0.6 is 0 Å².